The van der Waals surface area contributed by atoms with Gasteiger partial charge in [-0.2, -0.15) is 0 Å². The highest BCUT2D eigenvalue weighted by molar-refractivity contribution is 4.38. The van der Waals surface area contributed by atoms with Gasteiger partial charge in [0, 0.05) is 6.92 Å². The van der Waals surface area contributed by atoms with Crippen LogP contribution in [0.4, 0.5) is 0 Å². The van der Waals surface area contributed by atoms with E-state index >= 15 is 0 Å². The molecule has 0 aromatic carbocycles. The SMILES string of the molecule is CC(N)(O)ON. The Morgan fingerprint density at radius 2 is 2.00 bits per heavy atom. The van der Waals surface area contributed by atoms with Gasteiger partial charge in [0.25, 0.3) is 0 Å². The third-order valence-electron chi connectivity index (χ3n) is 0.239. The Bertz CT molecular complexity index is 39.3. The quantitative estimate of drug-likeness (QED) is 0.271. The van der Waals surface area contributed by atoms with Crippen molar-refractivity contribution in [1.29, 1.82) is 0 Å². The summed E-state index contributed by atoms with van der Waals surface area (Å²) in [5.41, 5.74) is 4.74. The summed E-state index contributed by atoms with van der Waals surface area (Å²) in [7, 11) is 0. The van der Waals surface area contributed by atoms with Gasteiger partial charge in [-0.25, -0.2) is 5.90 Å². The van der Waals surface area contributed by atoms with Gasteiger partial charge in [0.2, 0.25) is 5.91 Å². The molecule has 0 aliphatic heterocycles. The van der Waals surface area contributed by atoms with Gasteiger partial charge in [-0.1, -0.05) is 0 Å². The minimum atomic E-state index is -1.68. The first-order valence-corrected chi connectivity index (χ1v) is 1.45. The van der Waals surface area contributed by atoms with E-state index in [1.54, 1.807) is 0 Å². The molecule has 0 aromatic rings. The van der Waals surface area contributed by atoms with Crippen molar-refractivity contribution in [3.63, 3.8) is 0 Å². The van der Waals surface area contributed by atoms with E-state index in [1.165, 1.54) is 6.92 Å². The molecule has 0 amide bonds. The zero-order valence-electron chi connectivity index (χ0n) is 3.51. The molecule has 0 aliphatic carbocycles. The monoisotopic (exact) mass is 92.1 g/mol. The normalized spacial score (nSPS) is 20.0. The fourth-order valence-electron chi connectivity index (χ4n) is 0. The highest BCUT2D eigenvalue weighted by atomic mass is 16.7. The molecule has 0 aromatic heterocycles. The van der Waals surface area contributed by atoms with Crippen LogP contribution in [0.2, 0.25) is 0 Å². The fraction of sp³-hybridized carbons (Fsp3) is 1.00. The fourth-order valence-corrected chi connectivity index (χ4v) is 0. The maximum absolute atomic E-state index is 8.26. The first kappa shape index (κ1) is 5.84. The summed E-state index contributed by atoms with van der Waals surface area (Å²) in [5.74, 6) is 2.75. The largest absolute Gasteiger partial charge is 0.353 e. The first-order valence-electron chi connectivity index (χ1n) is 1.45. The van der Waals surface area contributed by atoms with E-state index in [2.05, 4.69) is 10.7 Å². The number of rotatable bonds is 1. The molecule has 1 atom stereocenters. The minimum Gasteiger partial charge on any atom is -0.353 e. The predicted molar refractivity (Wildman–Crippen MR) is 20.1 cm³/mol. The van der Waals surface area contributed by atoms with Gasteiger partial charge in [0.1, 0.15) is 0 Å². The van der Waals surface area contributed by atoms with Crippen molar-refractivity contribution >= 4 is 0 Å². The molecule has 1 unspecified atom stereocenters. The average Bonchev–Trinajstić information content (AvgIpc) is 1.35. The van der Waals surface area contributed by atoms with Gasteiger partial charge < -0.3 is 5.11 Å². The van der Waals surface area contributed by atoms with Crippen LogP contribution in [-0.4, -0.2) is 11.0 Å². The number of nitrogens with two attached hydrogens (primary N) is 2. The summed E-state index contributed by atoms with van der Waals surface area (Å²) in [6.07, 6.45) is 0. The maximum atomic E-state index is 8.26. The summed E-state index contributed by atoms with van der Waals surface area (Å²) in [5, 5.41) is 8.26. The van der Waals surface area contributed by atoms with E-state index < -0.39 is 5.91 Å². The van der Waals surface area contributed by atoms with Crippen molar-refractivity contribution < 1.29 is 9.94 Å². The lowest BCUT2D eigenvalue weighted by molar-refractivity contribution is -0.188. The zero-order chi connectivity index (χ0) is 5.21. The van der Waals surface area contributed by atoms with E-state index in [4.69, 9.17) is 10.8 Å². The maximum Gasteiger partial charge on any atom is 0.237 e. The number of aliphatic hydroxyl groups is 1. The van der Waals surface area contributed by atoms with Crippen molar-refractivity contribution in [3.05, 3.63) is 0 Å². The van der Waals surface area contributed by atoms with Crippen LogP contribution in [0.1, 0.15) is 6.92 Å². The van der Waals surface area contributed by atoms with Crippen LogP contribution < -0.4 is 11.6 Å². The standard InChI is InChI=1S/C2H8N2O2/c1-2(3,5)6-4/h5H,3-4H2,1H3. The van der Waals surface area contributed by atoms with Crippen LogP contribution in [0.15, 0.2) is 0 Å². The average molecular weight is 92.1 g/mol. The molecule has 5 N–H and O–H groups in total. The van der Waals surface area contributed by atoms with Gasteiger partial charge in [-0.05, 0) is 0 Å². The lowest BCUT2D eigenvalue weighted by Gasteiger charge is -2.11. The molecule has 4 heteroatoms. The van der Waals surface area contributed by atoms with Crippen LogP contribution >= 0.6 is 0 Å². The topological polar surface area (TPSA) is 81.5 Å². The van der Waals surface area contributed by atoms with Crippen LogP contribution in [0, 0.1) is 0 Å². The summed E-state index contributed by atoms with van der Waals surface area (Å²) < 4.78 is 0. The molecule has 4 nitrogen and oxygen atoms in total. The lowest BCUT2D eigenvalue weighted by atomic mass is 10.6. The Labute approximate surface area is 35.6 Å². The van der Waals surface area contributed by atoms with Crippen molar-refractivity contribution in [3.8, 4) is 0 Å². The molecule has 6 heavy (non-hydrogen) atoms. The molecule has 0 bridgehead atoms. The molecule has 0 heterocycles. The Balaban J connectivity index is 3.17. The van der Waals surface area contributed by atoms with Gasteiger partial charge in [0.05, 0.1) is 0 Å². The Morgan fingerprint density at radius 1 is 1.83 bits per heavy atom. The minimum absolute atomic E-state index is 1.23. The molecule has 0 saturated heterocycles. The second-order valence-electron chi connectivity index (χ2n) is 1.17. The van der Waals surface area contributed by atoms with Crippen molar-refractivity contribution in [2.45, 2.75) is 12.8 Å². The molecular weight excluding hydrogens is 84.0 g/mol. The highest BCUT2D eigenvalue weighted by Gasteiger charge is 2.08. The van der Waals surface area contributed by atoms with Crippen molar-refractivity contribution in [1.82, 2.24) is 0 Å². The van der Waals surface area contributed by atoms with Crippen LogP contribution in [0.25, 0.3) is 0 Å². The van der Waals surface area contributed by atoms with Gasteiger partial charge in [-0.3, -0.25) is 10.6 Å². The molecule has 0 saturated carbocycles. The molecule has 0 fully saturated rings. The molecule has 38 valence electrons. The second kappa shape index (κ2) is 1.53. The Hall–Kier alpha value is -0.160. The van der Waals surface area contributed by atoms with E-state index in [9.17, 15) is 0 Å². The predicted octanol–water partition coefficient (Wildman–Crippen LogP) is -1.50. The molecular formula is C2H8N2O2. The van der Waals surface area contributed by atoms with Crippen LogP contribution in [0.3, 0.4) is 0 Å². The number of hydrogen-bond acceptors (Lipinski definition) is 4. The smallest absolute Gasteiger partial charge is 0.237 e. The Kier molecular flexibility index (Phi) is 1.48. The lowest BCUT2D eigenvalue weighted by Crippen LogP contribution is -2.41. The van der Waals surface area contributed by atoms with Crippen LogP contribution in [0.5, 0.6) is 0 Å². The van der Waals surface area contributed by atoms with E-state index in [1.807, 2.05) is 0 Å². The number of hydrogen-bond donors (Lipinski definition) is 3. The Morgan fingerprint density at radius 3 is 2.00 bits per heavy atom. The van der Waals surface area contributed by atoms with E-state index in [0.717, 1.165) is 0 Å². The zero-order valence-corrected chi connectivity index (χ0v) is 3.51. The van der Waals surface area contributed by atoms with Gasteiger partial charge >= 0.3 is 0 Å². The van der Waals surface area contributed by atoms with Gasteiger partial charge in [-0.15, -0.1) is 0 Å². The summed E-state index contributed by atoms with van der Waals surface area (Å²) in [6.45, 7) is 1.23. The summed E-state index contributed by atoms with van der Waals surface area (Å²) in [6, 6.07) is 0. The molecule has 0 radical (unpaired) electrons. The van der Waals surface area contributed by atoms with Crippen molar-refractivity contribution in [2.24, 2.45) is 11.6 Å². The van der Waals surface area contributed by atoms with Crippen molar-refractivity contribution in [2.75, 3.05) is 0 Å². The highest BCUT2D eigenvalue weighted by Crippen LogP contribution is 1.84. The van der Waals surface area contributed by atoms with E-state index in [0.29, 0.717) is 0 Å². The van der Waals surface area contributed by atoms with Gasteiger partial charge in [0.15, 0.2) is 0 Å². The molecule has 0 rings (SSSR count). The third kappa shape index (κ3) is 3.84. The molecule has 0 spiro atoms. The first-order chi connectivity index (χ1) is 2.56. The van der Waals surface area contributed by atoms with E-state index in [-0.39, 0.29) is 0 Å². The van der Waals surface area contributed by atoms with Crippen LogP contribution in [-0.2, 0) is 4.84 Å². The third-order valence-corrected chi connectivity index (χ3v) is 0.239. The molecule has 0 aliphatic rings. The second-order valence-corrected chi connectivity index (χ2v) is 1.17. The summed E-state index contributed by atoms with van der Waals surface area (Å²) >= 11 is 0. The summed E-state index contributed by atoms with van der Waals surface area (Å²) in [4.78, 5) is 3.77.